The molecule has 3 aromatic carbocycles. The van der Waals surface area contributed by atoms with E-state index in [2.05, 4.69) is 15.9 Å². The zero-order valence-corrected chi connectivity index (χ0v) is 17.1. The molecule has 3 nitrogen and oxygen atoms in total. The first-order chi connectivity index (χ1) is 13.3. The molecule has 0 heterocycles. The second-order valence-electron chi connectivity index (χ2n) is 5.24. The molecule has 0 fully saturated rings. The fourth-order valence-electron chi connectivity index (χ4n) is 2.04. The number of hydrogen-bond donors (Lipinski definition) is 0. The van der Waals surface area contributed by atoms with Crippen LogP contribution in [0, 0.1) is 11.6 Å². The smallest absolute Gasteiger partial charge is 0.159 e. The first-order valence-corrected chi connectivity index (χ1v) is 9.17. The van der Waals surface area contributed by atoms with Gasteiger partial charge in [-0.2, -0.15) is 0 Å². The van der Waals surface area contributed by atoms with Gasteiger partial charge in [0, 0.05) is 9.50 Å². The van der Waals surface area contributed by atoms with Gasteiger partial charge in [-0.3, -0.25) is 9.59 Å². The lowest BCUT2D eigenvalue weighted by Crippen LogP contribution is -1.95. The van der Waals surface area contributed by atoms with Crippen LogP contribution in [0.2, 0.25) is 10.0 Å². The summed E-state index contributed by atoms with van der Waals surface area (Å²) >= 11 is 15.0. The molecule has 0 saturated heterocycles. The molecule has 0 spiro atoms. The molecule has 3 rings (SSSR count). The number of carbonyl (C=O) groups excluding carboxylic acids is 2. The minimum Gasteiger partial charge on any atom is -0.455 e. The van der Waals surface area contributed by atoms with Gasteiger partial charge in [0.2, 0.25) is 0 Å². The number of carbonyl (C=O) groups is 2. The normalized spacial score (nSPS) is 9.89. The van der Waals surface area contributed by atoms with Gasteiger partial charge in [-0.05, 0) is 42.5 Å². The summed E-state index contributed by atoms with van der Waals surface area (Å²) in [6.45, 7) is 0. The van der Waals surface area contributed by atoms with Gasteiger partial charge in [-0.15, -0.1) is 0 Å². The average molecular weight is 488 g/mol. The quantitative estimate of drug-likeness (QED) is 0.367. The van der Waals surface area contributed by atoms with E-state index in [0.717, 1.165) is 6.07 Å². The fourth-order valence-corrected chi connectivity index (χ4v) is 3.07. The van der Waals surface area contributed by atoms with E-state index >= 15 is 0 Å². The van der Waals surface area contributed by atoms with E-state index in [4.69, 9.17) is 27.9 Å². The van der Waals surface area contributed by atoms with Crippen LogP contribution in [-0.4, -0.2) is 12.6 Å². The average Bonchev–Trinajstić information content (AvgIpc) is 2.65. The molecule has 0 radical (unpaired) electrons. The molecule has 8 heteroatoms. The van der Waals surface area contributed by atoms with Crippen molar-refractivity contribution in [1.29, 1.82) is 0 Å². The maximum Gasteiger partial charge on any atom is 0.159 e. The summed E-state index contributed by atoms with van der Waals surface area (Å²) in [7, 11) is 0. The van der Waals surface area contributed by atoms with E-state index < -0.39 is 11.6 Å². The molecule has 0 aromatic heterocycles. The number of hydrogen-bond acceptors (Lipinski definition) is 3. The largest absolute Gasteiger partial charge is 0.455 e. The first-order valence-electron chi connectivity index (χ1n) is 7.62. The molecule has 0 aliphatic heterocycles. The molecule has 0 aliphatic rings. The van der Waals surface area contributed by atoms with Crippen molar-refractivity contribution in [3.05, 3.63) is 91.9 Å². The van der Waals surface area contributed by atoms with Crippen LogP contribution in [0.5, 0.6) is 11.5 Å². The summed E-state index contributed by atoms with van der Waals surface area (Å²) in [5.41, 5.74) is -0.124. The first kappa shape index (κ1) is 22.0. The molecule has 0 N–H and O–H groups in total. The molecule has 0 amide bonds. The SMILES string of the molecule is O=Cc1c(F)ccc(Cl)c1Oc1cc(Cl)cc(Br)c1.O=Cc1ccccc1F. The second kappa shape index (κ2) is 10.3. The van der Waals surface area contributed by atoms with Gasteiger partial charge in [0.05, 0.1) is 16.1 Å². The van der Waals surface area contributed by atoms with Crippen LogP contribution in [0.1, 0.15) is 20.7 Å². The molecular weight excluding hydrogens is 477 g/mol. The molecule has 3 aromatic rings. The lowest BCUT2D eigenvalue weighted by molar-refractivity contribution is 0.111. The van der Waals surface area contributed by atoms with Gasteiger partial charge in [0.1, 0.15) is 17.4 Å². The van der Waals surface area contributed by atoms with E-state index in [9.17, 15) is 18.4 Å². The van der Waals surface area contributed by atoms with Crippen molar-refractivity contribution < 1.29 is 23.1 Å². The summed E-state index contributed by atoms with van der Waals surface area (Å²) in [4.78, 5) is 20.9. The summed E-state index contributed by atoms with van der Waals surface area (Å²) in [6, 6.07) is 13.1. The molecule has 144 valence electrons. The number of rotatable bonds is 4. The monoisotopic (exact) mass is 486 g/mol. The van der Waals surface area contributed by atoms with Crippen LogP contribution in [0.15, 0.2) is 59.1 Å². The number of ether oxygens (including phenoxy) is 1. The summed E-state index contributed by atoms with van der Waals surface area (Å²) in [5, 5.41) is 0.573. The van der Waals surface area contributed by atoms with Gasteiger partial charge in [0.15, 0.2) is 18.3 Å². The van der Waals surface area contributed by atoms with Gasteiger partial charge in [0.25, 0.3) is 0 Å². The second-order valence-corrected chi connectivity index (χ2v) is 7.00. The van der Waals surface area contributed by atoms with Crippen molar-refractivity contribution in [2.75, 3.05) is 0 Å². The Balaban J connectivity index is 0.000000261. The molecule has 0 atom stereocenters. The number of benzene rings is 3. The summed E-state index contributed by atoms with van der Waals surface area (Å²) in [6.07, 6.45) is 0.853. The van der Waals surface area contributed by atoms with Crippen LogP contribution in [0.3, 0.4) is 0 Å². The third-order valence-corrected chi connectivity index (χ3v) is 4.27. The van der Waals surface area contributed by atoms with Crippen molar-refractivity contribution >= 4 is 51.7 Å². The molecule has 0 saturated carbocycles. The zero-order valence-electron chi connectivity index (χ0n) is 14.0. The van der Waals surface area contributed by atoms with Crippen LogP contribution < -0.4 is 4.74 Å². The highest BCUT2D eigenvalue weighted by Gasteiger charge is 2.15. The minimum atomic E-state index is -0.699. The van der Waals surface area contributed by atoms with Crippen molar-refractivity contribution in [2.45, 2.75) is 0 Å². The Kier molecular flexibility index (Phi) is 8.11. The minimum absolute atomic E-state index is 0.0363. The molecule has 28 heavy (non-hydrogen) atoms. The topological polar surface area (TPSA) is 43.4 Å². The van der Waals surface area contributed by atoms with Crippen LogP contribution in [0.4, 0.5) is 8.78 Å². The highest BCUT2D eigenvalue weighted by atomic mass is 79.9. The number of halogens is 5. The number of aldehydes is 2. The van der Waals surface area contributed by atoms with Gasteiger partial charge < -0.3 is 4.74 Å². The maximum absolute atomic E-state index is 13.5. The van der Waals surface area contributed by atoms with E-state index in [1.165, 1.54) is 24.3 Å². The molecule has 0 bridgehead atoms. The third kappa shape index (κ3) is 5.86. The Labute approximate surface area is 178 Å². The van der Waals surface area contributed by atoms with E-state index in [-0.39, 0.29) is 21.9 Å². The van der Waals surface area contributed by atoms with Crippen LogP contribution in [0.25, 0.3) is 0 Å². The van der Waals surface area contributed by atoms with E-state index in [1.54, 1.807) is 24.3 Å². The lowest BCUT2D eigenvalue weighted by Gasteiger charge is -2.11. The predicted octanol–water partition coefficient (Wildman–Crippen LogP) is 7.14. The summed E-state index contributed by atoms with van der Waals surface area (Å²) < 4.78 is 32.0. The van der Waals surface area contributed by atoms with Crippen molar-refractivity contribution in [3.63, 3.8) is 0 Å². The Hall–Kier alpha value is -2.28. The Bertz CT molecular complexity index is 992. The Morgan fingerprint density at radius 3 is 2.18 bits per heavy atom. The van der Waals surface area contributed by atoms with Gasteiger partial charge >= 0.3 is 0 Å². The Morgan fingerprint density at radius 1 is 0.893 bits per heavy atom. The fraction of sp³-hybridized carbons (Fsp3) is 0. The van der Waals surface area contributed by atoms with E-state index in [1.807, 2.05) is 0 Å². The van der Waals surface area contributed by atoms with E-state index in [0.29, 0.717) is 27.8 Å². The molecule has 0 aliphatic carbocycles. The van der Waals surface area contributed by atoms with Crippen molar-refractivity contribution in [1.82, 2.24) is 0 Å². The summed E-state index contributed by atoms with van der Waals surface area (Å²) in [5.74, 6) is -0.858. The predicted molar refractivity (Wildman–Crippen MR) is 108 cm³/mol. The Morgan fingerprint density at radius 2 is 1.61 bits per heavy atom. The highest BCUT2D eigenvalue weighted by molar-refractivity contribution is 9.10. The van der Waals surface area contributed by atoms with Crippen LogP contribution in [-0.2, 0) is 0 Å². The standard InChI is InChI=1S/C13H6BrCl2FO2.C7H5FO/c14-7-3-8(15)5-9(4-7)19-13-10(6-18)12(17)2-1-11(13)16;8-7-4-2-1-3-6(7)5-9/h1-6H;1-5H. The van der Waals surface area contributed by atoms with Gasteiger partial charge in [-0.25, -0.2) is 8.78 Å². The van der Waals surface area contributed by atoms with Crippen molar-refractivity contribution in [2.24, 2.45) is 0 Å². The van der Waals surface area contributed by atoms with Gasteiger partial charge in [-0.1, -0.05) is 51.3 Å². The zero-order chi connectivity index (χ0) is 20.7. The van der Waals surface area contributed by atoms with Crippen LogP contribution >= 0.6 is 39.1 Å². The molecular formula is C20H11BrCl2F2O3. The molecule has 0 unspecified atom stereocenters. The highest BCUT2D eigenvalue weighted by Crippen LogP contribution is 2.35. The third-order valence-electron chi connectivity index (χ3n) is 3.30. The lowest BCUT2D eigenvalue weighted by atomic mass is 10.2. The van der Waals surface area contributed by atoms with Crippen molar-refractivity contribution in [3.8, 4) is 11.5 Å². The maximum atomic E-state index is 13.5.